The molecule has 0 unspecified atom stereocenters. The standard InChI is InChI=1S/C8H4F3N3O/c9-3-2-14-4(1-12)6(7(10)11)5(3)8(13)15/h2,7H,(H2,13,15). The van der Waals surface area contributed by atoms with Crippen LogP contribution in [0.5, 0.6) is 0 Å². The number of rotatable bonds is 2. The second-order valence-corrected chi connectivity index (χ2v) is 2.52. The zero-order valence-electron chi connectivity index (χ0n) is 7.17. The fourth-order valence-corrected chi connectivity index (χ4v) is 1.05. The first-order valence-corrected chi connectivity index (χ1v) is 3.65. The molecule has 0 aromatic carbocycles. The molecule has 1 heterocycles. The lowest BCUT2D eigenvalue weighted by molar-refractivity contribution is 0.0980. The van der Waals surface area contributed by atoms with E-state index in [2.05, 4.69) is 4.98 Å². The number of carbonyl (C=O) groups excluding carboxylic acids is 1. The third-order valence-corrected chi connectivity index (χ3v) is 1.64. The van der Waals surface area contributed by atoms with Crippen LogP contribution < -0.4 is 5.73 Å². The summed E-state index contributed by atoms with van der Waals surface area (Å²) in [7, 11) is 0. The summed E-state index contributed by atoms with van der Waals surface area (Å²) in [5, 5.41) is 8.44. The molecule has 0 aliphatic carbocycles. The lowest BCUT2D eigenvalue weighted by Gasteiger charge is -2.07. The van der Waals surface area contributed by atoms with E-state index < -0.39 is 35.0 Å². The Morgan fingerprint density at radius 3 is 2.60 bits per heavy atom. The number of nitriles is 1. The smallest absolute Gasteiger partial charge is 0.267 e. The number of hydrogen-bond acceptors (Lipinski definition) is 3. The van der Waals surface area contributed by atoms with E-state index in [-0.39, 0.29) is 0 Å². The van der Waals surface area contributed by atoms with Crippen molar-refractivity contribution in [3.8, 4) is 6.07 Å². The number of pyridine rings is 1. The maximum Gasteiger partial charge on any atom is 0.267 e. The highest BCUT2D eigenvalue weighted by molar-refractivity contribution is 5.95. The molecule has 0 atom stereocenters. The van der Waals surface area contributed by atoms with Crippen molar-refractivity contribution in [1.82, 2.24) is 4.98 Å². The summed E-state index contributed by atoms with van der Waals surface area (Å²) in [5.74, 6) is -2.63. The van der Waals surface area contributed by atoms with E-state index in [1.165, 1.54) is 6.07 Å². The minimum atomic E-state index is -3.19. The second kappa shape index (κ2) is 3.96. The normalized spacial score (nSPS) is 10.1. The van der Waals surface area contributed by atoms with Crippen LogP contribution in [0, 0.1) is 17.1 Å². The molecule has 15 heavy (non-hydrogen) atoms. The van der Waals surface area contributed by atoms with Gasteiger partial charge in [0, 0.05) is 0 Å². The summed E-state index contributed by atoms with van der Waals surface area (Å²) in [6.07, 6.45) is -2.69. The number of amides is 1. The molecule has 0 saturated heterocycles. The van der Waals surface area contributed by atoms with Crippen LogP contribution in [0.15, 0.2) is 6.20 Å². The van der Waals surface area contributed by atoms with Crippen LogP contribution in [0.2, 0.25) is 0 Å². The van der Waals surface area contributed by atoms with Gasteiger partial charge in [-0.25, -0.2) is 18.2 Å². The van der Waals surface area contributed by atoms with Gasteiger partial charge in [-0.3, -0.25) is 4.79 Å². The number of hydrogen-bond donors (Lipinski definition) is 1. The van der Waals surface area contributed by atoms with Crippen molar-refractivity contribution in [2.45, 2.75) is 6.43 Å². The molecule has 0 aliphatic rings. The molecular weight excluding hydrogens is 211 g/mol. The Hall–Kier alpha value is -2.10. The average molecular weight is 215 g/mol. The van der Waals surface area contributed by atoms with Gasteiger partial charge in [-0.05, 0) is 0 Å². The van der Waals surface area contributed by atoms with E-state index in [0.29, 0.717) is 6.20 Å². The number of nitrogens with zero attached hydrogens (tertiary/aromatic N) is 2. The largest absolute Gasteiger partial charge is 0.365 e. The van der Waals surface area contributed by atoms with Gasteiger partial charge in [0.2, 0.25) is 0 Å². The van der Waals surface area contributed by atoms with Crippen molar-refractivity contribution in [1.29, 1.82) is 5.26 Å². The topological polar surface area (TPSA) is 79.8 Å². The van der Waals surface area contributed by atoms with Gasteiger partial charge in [-0.15, -0.1) is 0 Å². The van der Waals surface area contributed by atoms with Gasteiger partial charge in [0.05, 0.1) is 17.3 Å². The van der Waals surface area contributed by atoms with E-state index in [4.69, 9.17) is 11.0 Å². The van der Waals surface area contributed by atoms with Crippen LogP contribution in [-0.4, -0.2) is 10.9 Å². The van der Waals surface area contributed by atoms with Gasteiger partial charge >= 0.3 is 0 Å². The summed E-state index contributed by atoms with van der Waals surface area (Å²) < 4.78 is 37.9. The fourth-order valence-electron chi connectivity index (χ4n) is 1.05. The summed E-state index contributed by atoms with van der Waals surface area (Å²) in [6, 6.07) is 1.33. The van der Waals surface area contributed by atoms with E-state index >= 15 is 0 Å². The number of nitrogens with two attached hydrogens (primary N) is 1. The van der Waals surface area contributed by atoms with Crippen molar-refractivity contribution in [2.24, 2.45) is 5.73 Å². The molecule has 0 radical (unpaired) electrons. The highest BCUT2D eigenvalue weighted by atomic mass is 19.3. The molecule has 7 heteroatoms. The molecule has 1 rings (SSSR count). The SMILES string of the molecule is N#Cc1ncc(F)c(C(N)=O)c1C(F)F. The lowest BCUT2D eigenvalue weighted by atomic mass is 10.1. The van der Waals surface area contributed by atoms with Crippen LogP contribution in [0.4, 0.5) is 13.2 Å². The maximum absolute atomic E-state index is 13.0. The van der Waals surface area contributed by atoms with E-state index in [0.717, 1.165) is 0 Å². The van der Waals surface area contributed by atoms with Crippen LogP contribution in [-0.2, 0) is 0 Å². The molecule has 2 N–H and O–H groups in total. The Morgan fingerprint density at radius 1 is 1.60 bits per heavy atom. The number of halogens is 3. The van der Waals surface area contributed by atoms with Gasteiger partial charge < -0.3 is 5.73 Å². The third kappa shape index (κ3) is 1.88. The van der Waals surface area contributed by atoms with Gasteiger partial charge in [0.15, 0.2) is 5.82 Å². The highest BCUT2D eigenvalue weighted by Gasteiger charge is 2.25. The molecule has 0 fully saturated rings. The second-order valence-electron chi connectivity index (χ2n) is 2.52. The van der Waals surface area contributed by atoms with Gasteiger partial charge in [0.1, 0.15) is 11.8 Å². The van der Waals surface area contributed by atoms with Crippen LogP contribution >= 0.6 is 0 Å². The molecule has 0 bridgehead atoms. The fraction of sp³-hybridized carbons (Fsp3) is 0.125. The van der Waals surface area contributed by atoms with Crippen LogP contribution in [0.3, 0.4) is 0 Å². The Morgan fingerprint density at radius 2 is 2.20 bits per heavy atom. The van der Waals surface area contributed by atoms with Crippen molar-refractivity contribution in [3.05, 3.63) is 28.8 Å². The summed E-state index contributed by atoms with van der Waals surface area (Å²) in [6.45, 7) is 0. The van der Waals surface area contributed by atoms with Crippen LogP contribution in [0.1, 0.15) is 28.0 Å². The summed E-state index contributed by atoms with van der Waals surface area (Å²) in [5.41, 5.74) is 1.97. The molecule has 1 aromatic rings. The summed E-state index contributed by atoms with van der Waals surface area (Å²) >= 11 is 0. The molecule has 4 nitrogen and oxygen atoms in total. The molecule has 78 valence electrons. The Kier molecular flexibility index (Phi) is 2.90. The zero-order chi connectivity index (χ0) is 11.6. The van der Waals surface area contributed by atoms with Crippen molar-refractivity contribution >= 4 is 5.91 Å². The maximum atomic E-state index is 13.0. The predicted molar refractivity (Wildman–Crippen MR) is 42.4 cm³/mol. The molecule has 0 saturated carbocycles. The van der Waals surface area contributed by atoms with E-state index in [1.54, 1.807) is 0 Å². The number of aromatic nitrogens is 1. The Labute approximate surface area is 82.1 Å². The molecule has 1 amide bonds. The molecule has 0 aliphatic heterocycles. The first-order chi connectivity index (χ1) is 6.99. The van der Waals surface area contributed by atoms with Crippen LogP contribution in [0.25, 0.3) is 0 Å². The minimum absolute atomic E-state index is 0.504. The summed E-state index contributed by atoms with van der Waals surface area (Å²) in [4.78, 5) is 13.9. The molecule has 0 spiro atoms. The lowest BCUT2D eigenvalue weighted by Crippen LogP contribution is -2.18. The minimum Gasteiger partial charge on any atom is -0.365 e. The predicted octanol–water partition coefficient (Wildman–Crippen LogP) is 1.13. The quantitative estimate of drug-likeness (QED) is 0.802. The first kappa shape index (κ1) is 11.0. The van der Waals surface area contributed by atoms with E-state index in [1.807, 2.05) is 0 Å². The average Bonchev–Trinajstić information content (AvgIpc) is 2.16. The number of alkyl halides is 2. The highest BCUT2D eigenvalue weighted by Crippen LogP contribution is 2.26. The van der Waals surface area contributed by atoms with E-state index in [9.17, 15) is 18.0 Å². The van der Waals surface area contributed by atoms with Crippen molar-refractivity contribution in [2.75, 3.05) is 0 Å². The third-order valence-electron chi connectivity index (χ3n) is 1.64. The van der Waals surface area contributed by atoms with Gasteiger partial charge in [-0.2, -0.15) is 5.26 Å². The van der Waals surface area contributed by atoms with Gasteiger partial charge in [0.25, 0.3) is 12.3 Å². The molecule has 1 aromatic heterocycles. The molecular formula is C8H4F3N3O. The van der Waals surface area contributed by atoms with Crippen molar-refractivity contribution in [3.63, 3.8) is 0 Å². The van der Waals surface area contributed by atoms with Crippen molar-refractivity contribution < 1.29 is 18.0 Å². The van der Waals surface area contributed by atoms with Gasteiger partial charge in [-0.1, -0.05) is 0 Å². The zero-order valence-corrected chi connectivity index (χ0v) is 7.17. The first-order valence-electron chi connectivity index (χ1n) is 3.65. The Bertz CT molecular complexity index is 453. The monoisotopic (exact) mass is 215 g/mol. The Balaban J connectivity index is 3.60. The number of carbonyl (C=O) groups is 1. The number of primary amides is 1.